The molecule has 0 radical (unpaired) electrons. The second-order valence-corrected chi connectivity index (χ2v) is 6.27. The highest BCUT2D eigenvalue weighted by molar-refractivity contribution is 5.37. The highest BCUT2D eigenvalue weighted by Gasteiger charge is 2.21. The van der Waals surface area contributed by atoms with Gasteiger partial charge < -0.3 is 10.2 Å². The third-order valence-electron chi connectivity index (χ3n) is 4.08. The van der Waals surface area contributed by atoms with Gasteiger partial charge >= 0.3 is 0 Å². The number of aromatic nitrogens is 2. The van der Waals surface area contributed by atoms with E-state index in [-0.39, 0.29) is 0 Å². The number of rotatable bonds is 5. The molecule has 4 heteroatoms. The number of hydrogen-bond donors (Lipinski definition) is 1. The fourth-order valence-electron chi connectivity index (χ4n) is 3.10. The minimum absolute atomic E-state index is 0.576. The van der Waals surface area contributed by atoms with Gasteiger partial charge in [-0.3, -0.25) is 0 Å². The lowest BCUT2D eigenvalue weighted by Crippen LogP contribution is -2.31. The molecule has 1 saturated carbocycles. The van der Waals surface area contributed by atoms with Crippen LogP contribution in [0, 0.1) is 12.8 Å². The van der Waals surface area contributed by atoms with Crippen LogP contribution in [0.5, 0.6) is 0 Å². The van der Waals surface area contributed by atoms with E-state index < -0.39 is 0 Å². The Morgan fingerprint density at radius 2 is 1.90 bits per heavy atom. The molecule has 1 aromatic heterocycles. The third kappa shape index (κ3) is 4.44. The van der Waals surface area contributed by atoms with E-state index in [9.17, 15) is 0 Å². The molecule has 0 atom stereocenters. The summed E-state index contributed by atoms with van der Waals surface area (Å²) in [4.78, 5) is 11.3. The van der Waals surface area contributed by atoms with Gasteiger partial charge in [0.2, 0.25) is 0 Å². The maximum absolute atomic E-state index is 4.51. The van der Waals surface area contributed by atoms with Crippen molar-refractivity contribution in [3.8, 4) is 0 Å². The molecule has 1 aliphatic carbocycles. The molecule has 1 heterocycles. The van der Waals surface area contributed by atoms with Crippen LogP contribution in [0.2, 0.25) is 0 Å². The predicted octanol–water partition coefficient (Wildman–Crippen LogP) is 2.88. The molecule has 1 aliphatic rings. The van der Waals surface area contributed by atoms with Crippen LogP contribution in [-0.2, 0) is 6.42 Å². The van der Waals surface area contributed by atoms with E-state index in [1.807, 2.05) is 6.92 Å². The van der Waals surface area contributed by atoms with Gasteiger partial charge in [0, 0.05) is 24.3 Å². The van der Waals surface area contributed by atoms with Crippen molar-refractivity contribution < 1.29 is 0 Å². The van der Waals surface area contributed by atoms with Crippen molar-refractivity contribution in [2.75, 3.05) is 26.0 Å². The van der Waals surface area contributed by atoms with Crippen molar-refractivity contribution in [3.05, 3.63) is 17.6 Å². The quantitative estimate of drug-likeness (QED) is 0.898. The molecule has 1 aromatic rings. The van der Waals surface area contributed by atoms with Crippen LogP contribution < -0.4 is 5.32 Å². The fraction of sp³-hybridized carbons (Fsp3) is 0.750. The van der Waals surface area contributed by atoms with Crippen molar-refractivity contribution in [1.82, 2.24) is 14.9 Å². The predicted molar refractivity (Wildman–Crippen MR) is 84.1 cm³/mol. The second-order valence-electron chi connectivity index (χ2n) is 6.27. The largest absolute Gasteiger partial charge is 0.367 e. The smallest absolute Gasteiger partial charge is 0.130 e. The topological polar surface area (TPSA) is 41.0 Å². The molecule has 0 amide bonds. The summed E-state index contributed by atoms with van der Waals surface area (Å²) in [6, 6.07) is 2.67. The Labute approximate surface area is 123 Å². The first kappa shape index (κ1) is 15.2. The van der Waals surface area contributed by atoms with Gasteiger partial charge in [0.15, 0.2) is 0 Å². The van der Waals surface area contributed by atoms with E-state index >= 15 is 0 Å². The standard InChI is InChI=1S/C16H28N4/c1-5-14-10-16(18-12(2)17-14)19-15-8-6-13(7-9-15)11-20(3)4/h10,13,15H,5-9,11H2,1-4H3,(H,17,18,19). The SMILES string of the molecule is CCc1cc(NC2CCC(CN(C)C)CC2)nc(C)n1. The first-order valence-corrected chi connectivity index (χ1v) is 7.82. The Hall–Kier alpha value is -1.16. The van der Waals surface area contributed by atoms with Crippen molar-refractivity contribution in [2.45, 2.75) is 52.0 Å². The fourth-order valence-corrected chi connectivity index (χ4v) is 3.10. The minimum atomic E-state index is 0.576. The van der Waals surface area contributed by atoms with Crippen molar-refractivity contribution in [1.29, 1.82) is 0 Å². The normalized spacial score (nSPS) is 23.1. The molecule has 0 unspecified atom stereocenters. The van der Waals surface area contributed by atoms with Crippen LogP contribution in [0.15, 0.2) is 6.07 Å². The van der Waals surface area contributed by atoms with Crippen LogP contribution in [0.25, 0.3) is 0 Å². The Kier molecular flexibility index (Phi) is 5.35. The molecule has 4 nitrogen and oxygen atoms in total. The molecule has 2 rings (SSSR count). The molecule has 0 aromatic carbocycles. The van der Waals surface area contributed by atoms with E-state index in [1.54, 1.807) is 0 Å². The molecule has 20 heavy (non-hydrogen) atoms. The summed E-state index contributed by atoms with van der Waals surface area (Å²) in [5.74, 6) is 2.74. The van der Waals surface area contributed by atoms with Gasteiger partial charge in [0.25, 0.3) is 0 Å². The van der Waals surface area contributed by atoms with E-state index in [2.05, 4.69) is 47.3 Å². The number of anilines is 1. The maximum Gasteiger partial charge on any atom is 0.130 e. The summed E-state index contributed by atoms with van der Waals surface area (Å²) in [5, 5.41) is 3.61. The molecule has 0 bridgehead atoms. The van der Waals surface area contributed by atoms with Gasteiger partial charge in [0.1, 0.15) is 11.6 Å². The number of nitrogens with zero attached hydrogens (tertiary/aromatic N) is 3. The molecule has 0 saturated heterocycles. The Bertz CT molecular complexity index is 422. The van der Waals surface area contributed by atoms with Gasteiger partial charge in [0.05, 0.1) is 0 Å². The van der Waals surface area contributed by atoms with Crippen LogP contribution in [-0.4, -0.2) is 41.5 Å². The zero-order chi connectivity index (χ0) is 14.5. The summed E-state index contributed by atoms with van der Waals surface area (Å²) < 4.78 is 0. The maximum atomic E-state index is 4.51. The lowest BCUT2D eigenvalue weighted by atomic mass is 9.86. The van der Waals surface area contributed by atoms with Crippen LogP contribution in [0.4, 0.5) is 5.82 Å². The number of hydrogen-bond acceptors (Lipinski definition) is 4. The molecule has 1 fully saturated rings. The first-order valence-electron chi connectivity index (χ1n) is 7.82. The summed E-state index contributed by atoms with van der Waals surface area (Å²) in [6.07, 6.45) is 6.11. The summed E-state index contributed by atoms with van der Waals surface area (Å²) in [5.41, 5.74) is 1.13. The third-order valence-corrected chi connectivity index (χ3v) is 4.08. The highest BCUT2D eigenvalue weighted by atomic mass is 15.1. The van der Waals surface area contributed by atoms with E-state index in [4.69, 9.17) is 0 Å². The first-order chi connectivity index (χ1) is 9.56. The van der Waals surface area contributed by atoms with E-state index in [0.29, 0.717) is 6.04 Å². The zero-order valence-corrected chi connectivity index (χ0v) is 13.3. The van der Waals surface area contributed by atoms with E-state index in [0.717, 1.165) is 29.7 Å². The monoisotopic (exact) mass is 276 g/mol. The molecular weight excluding hydrogens is 248 g/mol. The highest BCUT2D eigenvalue weighted by Crippen LogP contribution is 2.26. The molecule has 0 spiro atoms. The minimum Gasteiger partial charge on any atom is -0.367 e. The molecule has 0 aliphatic heterocycles. The van der Waals surface area contributed by atoms with Gasteiger partial charge in [-0.1, -0.05) is 6.92 Å². The summed E-state index contributed by atoms with van der Waals surface area (Å²) in [6.45, 7) is 5.33. The lowest BCUT2D eigenvalue weighted by molar-refractivity contribution is 0.255. The van der Waals surface area contributed by atoms with E-state index in [1.165, 1.54) is 32.2 Å². The molecular formula is C16H28N4. The van der Waals surface area contributed by atoms with Gasteiger partial charge in [-0.25, -0.2) is 9.97 Å². The molecule has 1 N–H and O–H groups in total. The average molecular weight is 276 g/mol. The van der Waals surface area contributed by atoms with Crippen LogP contribution in [0.1, 0.15) is 44.1 Å². The van der Waals surface area contributed by atoms with Crippen molar-refractivity contribution in [3.63, 3.8) is 0 Å². The van der Waals surface area contributed by atoms with Crippen molar-refractivity contribution in [2.24, 2.45) is 5.92 Å². The lowest BCUT2D eigenvalue weighted by Gasteiger charge is -2.31. The summed E-state index contributed by atoms with van der Waals surface area (Å²) >= 11 is 0. The Balaban J connectivity index is 1.87. The number of aryl methyl sites for hydroxylation is 2. The number of nitrogens with one attached hydrogen (secondary N) is 1. The van der Waals surface area contributed by atoms with Gasteiger partial charge in [-0.2, -0.15) is 0 Å². The summed E-state index contributed by atoms with van der Waals surface area (Å²) in [7, 11) is 4.33. The van der Waals surface area contributed by atoms with Gasteiger partial charge in [-0.15, -0.1) is 0 Å². The Morgan fingerprint density at radius 1 is 1.20 bits per heavy atom. The van der Waals surface area contributed by atoms with Crippen LogP contribution in [0.3, 0.4) is 0 Å². The van der Waals surface area contributed by atoms with Crippen LogP contribution >= 0.6 is 0 Å². The Morgan fingerprint density at radius 3 is 2.50 bits per heavy atom. The second kappa shape index (κ2) is 7.02. The molecule has 112 valence electrons. The van der Waals surface area contributed by atoms with Crippen molar-refractivity contribution >= 4 is 5.82 Å². The average Bonchev–Trinajstić information content (AvgIpc) is 2.39. The van der Waals surface area contributed by atoms with Gasteiger partial charge in [-0.05, 0) is 59.0 Å². The zero-order valence-electron chi connectivity index (χ0n) is 13.3.